The SMILES string of the molecule is CC(C)CNC(=O)C(C)N1CCN(c2ncnc3sccc23)CC1. The van der Waals surface area contributed by atoms with Gasteiger partial charge in [0.05, 0.1) is 11.4 Å². The highest BCUT2D eigenvalue weighted by atomic mass is 32.1. The van der Waals surface area contributed by atoms with Crippen LogP contribution in [-0.4, -0.2) is 59.5 Å². The normalized spacial score (nSPS) is 17.4. The van der Waals surface area contributed by atoms with Gasteiger partial charge in [-0.3, -0.25) is 9.69 Å². The number of hydrogen-bond acceptors (Lipinski definition) is 6. The fourth-order valence-corrected chi connectivity index (χ4v) is 3.70. The minimum absolute atomic E-state index is 0.0857. The van der Waals surface area contributed by atoms with Crippen LogP contribution in [0.15, 0.2) is 17.8 Å². The molecule has 7 heteroatoms. The number of nitrogens with zero attached hydrogens (tertiary/aromatic N) is 4. The first-order valence-corrected chi connectivity index (χ1v) is 9.39. The number of thiophene rings is 1. The fraction of sp³-hybridized carbons (Fsp3) is 0.588. The van der Waals surface area contributed by atoms with Gasteiger partial charge in [-0.2, -0.15) is 0 Å². The molecule has 0 aliphatic carbocycles. The van der Waals surface area contributed by atoms with Gasteiger partial charge >= 0.3 is 0 Å². The maximum Gasteiger partial charge on any atom is 0.237 e. The van der Waals surface area contributed by atoms with E-state index in [0.717, 1.165) is 48.8 Å². The Hall–Kier alpha value is -1.73. The molecule has 1 aliphatic heterocycles. The molecule has 0 radical (unpaired) electrons. The van der Waals surface area contributed by atoms with E-state index in [4.69, 9.17) is 0 Å². The van der Waals surface area contributed by atoms with Crippen LogP contribution in [0.3, 0.4) is 0 Å². The van der Waals surface area contributed by atoms with Crippen LogP contribution in [0.25, 0.3) is 10.2 Å². The number of fused-ring (bicyclic) bond motifs is 1. The van der Waals surface area contributed by atoms with E-state index in [1.807, 2.05) is 6.92 Å². The number of amides is 1. The summed E-state index contributed by atoms with van der Waals surface area (Å²) in [5.41, 5.74) is 0. The van der Waals surface area contributed by atoms with Gasteiger partial charge in [0, 0.05) is 32.7 Å². The zero-order chi connectivity index (χ0) is 17.1. The molecule has 130 valence electrons. The maximum atomic E-state index is 12.3. The van der Waals surface area contributed by atoms with Crippen molar-refractivity contribution in [2.75, 3.05) is 37.6 Å². The van der Waals surface area contributed by atoms with Crippen LogP contribution in [0, 0.1) is 5.92 Å². The zero-order valence-corrected chi connectivity index (χ0v) is 15.3. The molecule has 1 N–H and O–H groups in total. The summed E-state index contributed by atoms with van der Waals surface area (Å²) in [5.74, 6) is 1.61. The molecular weight excluding hydrogens is 322 g/mol. The number of anilines is 1. The Labute approximate surface area is 146 Å². The molecule has 3 heterocycles. The predicted molar refractivity (Wildman–Crippen MR) is 98.5 cm³/mol. The summed E-state index contributed by atoms with van der Waals surface area (Å²) < 4.78 is 0. The van der Waals surface area contributed by atoms with Crippen LogP contribution in [0.5, 0.6) is 0 Å². The Balaban J connectivity index is 1.59. The van der Waals surface area contributed by atoms with E-state index in [2.05, 4.69) is 50.4 Å². The number of carbonyl (C=O) groups is 1. The van der Waals surface area contributed by atoms with E-state index in [9.17, 15) is 4.79 Å². The second-order valence-corrected chi connectivity index (χ2v) is 7.57. The Morgan fingerprint density at radius 3 is 2.71 bits per heavy atom. The van der Waals surface area contributed by atoms with Crippen LogP contribution in [0.1, 0.15) is 20.8 Å². The highest BCUT2D eigenvalue weighted by molar-refractivity contribution is 7.16. The van der Waals surface area contributed by atoms with E-state index in [1.165, 1.54) is 0 Å². The molecule has 1 fully saturated rings. The largest absolute Gasteiger partial charge is 0.354 e. The van der Waals surface area contributed by atoms with Crippen molar-refractivity contribution >= 4 is 33.3 Å². The van der Waals surface area contributed by atoms with Crippen LogP contribution >= 0.6 is 11.3 Å². The van der Waals surface area contributed by atoms with Crippen LogP contribution in [0.4, 0.5) is 5.82 Å². The van der Waals surface area contributed by atoms with Crippen molar-refractivity contribution < 1.29 is 4.79 Å². The van der Waals surface area contributed by atoms with E-state index < -0.39 is 0 Å². The molecule has 24 heavy (non-hydrogen) atoms. The third-order valence-electron chi connectivity index (χ3n) is 4.47. The first-order chi connectivity index (χ1) is 11.6. The number of aromatic nitrogens is 2. The summed E-state index contributed by atoms with van der Waals surface area (Å²) in [6, 6.07) is 2.00. The van der Waals surface area contributed by atoms with E-state index >= 15 is 0 Å². The smallest absolute Gasteiger partial charge is 0.237 e. The molecule has 2 aromatic rings. The molecule has 1 aliphatic rings. The number of rotatable bonds is 5. The Bertz CT molecular complexity index is 693. The number of carbonyl (C=O) groups excluding carboxylic acids is 1. The van der Waals surface area contributed by atoms with E-state index in [0.29, 0.717) is 5.92 Å². The highest BCUT2D eigenvalue weighted by Crippen LogP contribution is 2.27. The third-order valence-corrected chi connectivity index (χ3v) is 5.29. The molecule has 1 atom stereocenters. The highest BCUT2D eigenvalue weighted by Gasteiger charge is 2.26. The van der Waals surface area contributed by atoms with Crippen molar-refractivity contribution in [3.8, 4) is 0 Å². The van der Waals surface area contributed by atoms with Crippen LogP contribution in [-0.2, 0) is 4.79 Å². The van der Waals surface area contributed by atoms with Crippen molar-refractivity contribution in [1.82, 2.24) is 20.2 Å². The van der Waals surface area contributed by atoms with Crippen molar-refractivity contribution in [3.63, 3.8) is 0 Å². The first kappa shape index (κ1) is 17.1. The lowest BCUT2D eigenvalue weighted by Crippen LogP contribution is -2.54. The number of hydrogen-bond donors (Lipinski definition) is 1. The van der Waals surface area contributed by atoms with Crippen molar-refractivity contribution in [2.24, 2.45) is 5.92 Å². The van der Waals surface area contributed by atoms with Gasteiger partial charge < -0.3 is 10.2 Å². The van der Waals surface area contributed by atoms with Gasteiger partial charge in [0.15, 0.2) is 0 Å². The Kier molecular flexibility index (Phi) is 5.30. The lowest BCUT2D eigenvalue weighted by atomic mass is 10.2. The predicted octanol–water partition coefficient (Wildman–Crippen LogP) is 1.97. The second kappa shape index (κ2) is 7.44. The van der Waals surface area contributed by atoms with Crippen molar-refractivity contribution in [2.45, 2.75) is 26.8 Å². The molecule has 3 rings (SSSR count). The Morgan fingerprint density at radius 2 is 2.00 bits per heavy atom. The average molecular weight is 347 g/mol. The first-order valence-electron chi connectivity index (χ1n) is 8.51. The number of nitrogens with one attached hydrogen (secondary N) is 1. The molecule has 0 bridgehead atoms. The van der Waals surface area contributed by atoms with Crippen LogP contribution < -0.4 is 10.2 Å². The monoisotopic (exact) mass is 347 g/mol. The quantitative estimate of drug-likeness (QED) is 0.896. The standard InChI is InChI=1S/C17H25N5OS/c1-12(2)10-18-16(23)13(3)21-5-7-22(8-6-21)15-14-4-9-24-17(14)20-11-19-15/h4,9,11-13H,5-8,10H2,1-3H3,(H,18,23). The summed E-state index contributed by atoms with van der Waals surface area (Å²) in [6.45, 7) is 10.4. The molecule has 1 amide bonds. The van der Waals surface area contributed by atoms with Crippen LogP contribution in [0.2, 0.25) is 0 Å². The van der Waals surface area contributed by atoms with E-state index in [1.54, 1.807) is 17.7 Å². The molecule has 1 unspecified atom stereocenters. The molecular formula is C17H25N5OS. The fourth-order valence-electron chi connectivity index (χ4n) is 2.97. The average Bonchev–Trinajstić information content (AvgIpc) is 3.08. The van der Waals surface area contributed by atoms with Gasteiger partial charge in [0.2, 0.25) is 5.91 Å². The summed E-state index contributed by atoms with van der Waals surface area (Å²) in [4.78, 5) is 26.6. The minimum atomic E-state index is -0.0857. The van der Waals surface area contributed by atoms with Gasteiger partial charge in [-0.25, -0.2) is 9.97 Å². The van der Waals surface area contributed by atoms with Gasteiger partial charge in [-0.05, 0) is 24.3 Å². The number of piperazine rings is 1. The van der Waals surface area contributed by atoms with Crippen molar-refractivity contribution in [3.05, 3.63) is 17.8 Å². The molecule has 0 saturated carbocycles. The molecule has 0 aromatic carbocycles. The summed E-state index contributed by atoms with van der Waals surface area (Å²) in [5, 5.41) is 6.21. The maximum absolute atomic E-state index is 12.3. The van der Waals surface area contributed by atoms with Gasteiger partial charge in [0.1, 0.15) is 17.0 Å². The van der Waals surface area contributed by atoms with Crippen molar-refractivity contribution in [1.29, 1.82) is 0 Å². The minimum Gasteiger partial charge on any atom is -0.354 e. The summed E-state index contributed by atoms with van der Waals surface area (Å²) in [7, 11) is 0. The molecule has 1 saturated heterocycles. The summed E-state index contributed by atoms with van der Waals surface area (Å²) in [6.07, 6.45) is 1.64. The van der Waals surface area contributed by atoms with Gasteiger partial charge in [-0.15, -0.1) is 11.3 Å². The zero-order valence-electron chi connectivity index (χ0n) is 14.5. The molecule has 0 spiro atoms. The van der Waals surface area contributed by atoms with Gasteiger partial charge in [-0.1, -0.05) is 13.8 Å². The van der Waals surface area contributed by atoms with Gasteiger partial charge in [0.25, 0.3) is 0 Å². The topological polar surface area (TPSA) is 61.4 Å². The lowest BCUT2D eigenvalue weighted by molar-refractivity contribution is -0.126. The molecule has 6 nitrogen and oxygen atoms in total. The summed E-state index contributed by atoms with van der Waals surface area (Å²) >= 11 is 1.64. The third kappa shape index (κ3) is 3.67. The lowest BCUT2D eigenvalue weighted by Gasteiger charge is -2.38. The Morgan fingerprint density at radius 1 is 1.25 bits per heavy atom. The molecule has 2 aromatic heterocycles. The second-order valence-electron chi connectivity index (χ2n) is 6.67. The van der Waals surface area contributed by atoms with E-state index in [-0.39, 0.29) is 11.9 Å².